The minimum absolute atomic E-state index is 0.00977. The SMILES string of the molecule is O=C(NC12CC3CC(CC(C3)C1)C2)C1CCN(S(=O)(=O)Cc2c(Cl)cccc2Cl)CC1. The number of benzene rings is 1. The first kappa shape index (κ1) is 22.0. The number of nitrogens with zero attached hydrogens (tertiary/aromatic N) is 1. The van der Waals surface area contributed by atoms with Gasteiger partial charge in [-0.2, -0.15) is 0 Å². The Bertz CT molecular complexity index is 917. The van der Waals surface area contributed by atoms with Gasteiger partial charge in [-0.15, -0.1) is 0 Å². The standard InChI is InChI=1S/C23H30Cl2N2O3S/c24-20-2-1-3-21(25)19(20)14-31(29,30)27-6-4-18(5-7-27)22(28)26-23-11-15-8-16(12-23)10-17(9-15)13-23/h1-3,15-18H,4-14H2,(H,26,28). The molecule has 1 aromatic rings. The Morgan fingerprint density at radius 3 is 2.03 bits per heavy atom. The number of sulfonamides is 1. The van der Waals surface area contributed by atoms with Crippen molar-refractivity contribution in [2.24, 2.45) is 23.7 Å². The number of piperidine rings is 1. The summed E-state index contributed by atoms with van der Waals surface area (Å²) in [6.45, 7) is 0.729. The summed E-state index contributed by atoms with van der Waals surface area (Å²) >= 11 is 12.3. The number of hydrogen-bond donors (Lipinski definition) is 1. The average Bonchev–Trinajstić information content (AvgIpc) is 2.69. The van der Waals surface area contributed by atoms with E-state index in [0.29, 0.717) is 41.5 Å². The van der Waals surface area contributed by atoms with Crippen molar-refractivity contribution in [1.29, 1.82) is 0 Å². The van der Waals surface area contributed by atoms with Crippen molar-refractivity contribution in [2.75, 3.05) is 13.1 Å². The third kappa shape index (κ3) is 4.38. The molecule has 0 atom stereocenters. The Labute approximate surface area is 194 Å². The van der Waals surface area contributed by atoms with Crippen LogP contribution in [0.15, 0.2) is 18.2 Å². The van der Waals surface area contributed by atoms with Crippen LogP contribution in [0, 0.1) is 23.7 Å². The largest absolute Gasteiger partial charge is 0.350 e. The topological polar surface area (TPSA) is 66.5 Å². The molecule has 0 aromatic heterocycles. The molecular formula is C23H30Cl2N2O3S. The van der Waals surface area contributed by atoms with Gasteiger partial charge in [-0.1, -0.05) is 29.3 Å². The second-order valence-corrected chi connectivity index (χ2v) is 13.1. The van der Waals surface area contributed by atoms with Crippen molar-refractivity contribution in [3.05, 3.63) is 33.8 Å². The molecule has 1 N–H and O–H groups in total. The van der Waals surface area contributed by atoms with Gasteiger partial charge in [0, 0.05) is 40.2 Å². The van der Waals surface area contributed by atoms with Crippen LogP contribution in [0.1, 0.15) is 56.9 Å². The number of nitrogens with one attached hydrogen (secondary N) is 1. The molecule has 4 aliphatic carbocycles. The summed E-state index contributed by atoms with van der Waals surface area (Å²) in [5.74, 6) is 2.17. The molecule has 4 saturated carbocycles. The van der Waals surface area contributed by atoms with Gasteiger partial charge < -0.3 is 5.32 Å². The van der Waals surface area contributed by atoms with Crippen molar-refractivity contribution < 1.29 is 13.2 Å². The van der Waals surface area contributed by atoms with E-state index in [4.69, 9.17) is 23.2 Å². The molecule has 0 spiro atoms. The van der Waals surface area contributed by atoms with Crippen molar-refractivity contribution in [1.82, 2.24) is 9.62 Å². The zero-order chi connectivity index (χ0) is 21.8. The molecule has 0 radical (unpaired) electrons. The lowest BCUT2D eigenvalue weighted by atomic mass is 9.53. The highest BCUT2D eigenvalue weighted by Gasteiger charge is 2.52. The molecular weight excluding hydrogens is 455 g/mol. The summed E-state index contributed by atoms with van der Waals surface area (Å²) in [5, 5.41) is 4.18. The molecule has 5 nitrogen and oxygen atoms in total. The van der Waals surface area contributed by atoms with Gasteiger partial charge in [0.25, 0.3) is 0 Å². The summed E-state index contributed by atoms with van der Waals surface area (Å²) in [5.41, 5.74) is 0.447. The number of hydrogen-bond acceptors (Lipinski definition) is 3. The van der Waals surface area contributed by atoms with Gasteiger partial charge >= 0.3 is 0 Å². The fourth-order valence-corrected chi connectivity index (χ4v) is 9.28. The van der Waals surface area contributed by atoms with E-state index in [1.54, 1.807) is 18.2 Å². The van der Waals surface area contributed by atoms with Crippen molar-refractivity contribution in [3.8, 4) is 0 Å². The first-order valence-corrected chi connectivity index (χ1v) is 13.8. The van der Waals surface area contributed by atoms with Gasteiger partial charge in [0.1, 0.15) is 0 Å². The van der Waals surface area contributed by atoms with Crippen LogP contribution >= 0.6 is 23.2 Å². The normalized spacial score (nSPS) is 33.5. The monoisotopic (exact) mass is 484 g/mol. The van der Waals surface area contributed by atoms with E-state index < -0.39 is 10.0 Å². The highest BCUT2D eigenvalue weighted by Crippen LogP contribution is 2.55. The maximum atomic E-state index is 13.1. The van der Waals surface area contributed by atoms with Gasteiger partial charge in [0.05, 0.1) is 5.75 Å². The van der Waals surface area contributed by atoms with Crippen LogP contribution in [0.4, 0.5) is 0 Å². The number of carbonyl (C=O) groups excluding carboxylic acids is 1. The molecule has 8 heteroatoms. The smallest absolute Gasteiger partial charge is 0.223 e. The van der Waals surface area contributed by atoms with Crippen LogP contribution in [-0.4, -0.2) is 37.3 Å². The molecule has 31 heavy (non-hydrogen) atoms. The lowest BCUT2D eigenvalue weighted by Gasteiger charge is -2.57. The van der Waals surface area contributed by atoms with Crippen LogP contribution in [0.2, 0.25) is 10.0 Å². The van der Waals surface area contributed by atoms with E-state index in [9.17, 15) is 13.2 Å². The Morgan fingerprint density at radius 2 is 1.52 bits per heavy atom. The summed E-state index contributed by atoms with van der Waals surface area (Å²) in [7, 11) is -3.54. The maximum Gasteiger partial charge on any atom is 0.223 e. The molecule has 5 aliphatic rings. The maximum absolute atomic E-state index is 13.1. The molecule has 1 aromatic carbocycles. The van der Waals surface area contributed by atoms with Gasteiger partial charge in [-0.3, -0.25) is 4.79 Å². The molecule has 1 aliphatic heterocycles. The van der Waals surface area contributed by atoms with Gasteiger partial charge in [-0.25, -0.2) is 12.7 Å². The van der Waals surface area contributed by atoms with E-state index >= 15 is 0 Å². The Balaban J connectivity index is 1.19. The number of rotatable bonds is 5. The lowest BCUT2D eigenvalue weighted by Crippen LogP contribution is -2.61. The van der Waals surface area contributed by atoms with Crippen LogP contribution < -0.4 is 5.32 Å². The van der Waals surface area contributed by atoms with Crippen molar-refractivity contribution >= 4 is 39.1 Å². The average molecular weight is 485 g/mol. The van der Waals surface area contributed by atoms with E-state index in [1.807, 2.05) is 0 Å². The predicted molar refractivity (Wildman–Crippen MR) is 122 cm³/mol. The van der Waals surface area contributed by atoms with Crippen molar-refractivity contribution in [3.63, 3.8) is 0 Å². The molecule has 1 saturated heterocycles. The third-order valence-corrected chi connectivity index (χ3v) is 10.5. The van der Waals surface area contributed by atoms with Crippen LogP contribution in [0.5, 0.6) is 0 Å². The van der Waals surface area contributed by atoms with Gasteiger partial charge in [-0.05, 0) is 81.3 Å². The Morgan fingerprint density at radius 1 is 1.00 bits per heavy atom. The van der Waals surface area contributed by atoms with Crippen LogP contribution in [0.3, 0.4) is 0 Å². The van der Waals surface area contributed by atoms with Gasteiger partial charge in [0.2, 0.25) is 15.9 Å². The predicted octanol–water partition coefficient (Wildman–Crippen LogP) is 4.62. The highest BCUT2D eigenvalue weighted by atomic mass is 35.5. The van der Waals surface area contributed by atoms with Crippen LogP contribution in [-0.2, 0) is 20.6 Å². The van der Waals surface area contributed by atoms with Crippen LogP contribution in [0.25, 0.3) is 0 Å². The fourth-order valence-electron chi connectivity index (χ4n) is 6.97. The van der Waals surface area contributed by atoms with Crippen molar-refractivity contribution in [2.45, 2.75) is 62.7 Å². The summed E-state index contributed by atoms with van der Waals surface area (Å²) in [4.78, 5) is 13.1. The zero-order valence-electron chi connectivity index (χ0n) is 17.7. The molecule has 0 unspecified atom stereocenters. The molecule has 1 heterocycles. The van der Waals surface area contributed by atoms with E-state index in [1.165, 1.54) is 23.6 Å². The minimum atomic E-state index is -3.54. The third-order valence-electron chi connectivity index (χ3n) is 8.03. The summed E-state index contributed by atoms with van der Waals surface area (Å²) in [6, 6.07) is 5.01. The zero-order valence-corrected chi connectivity index (χ0v) is 20.0. The summed E-state index contributed by atoms with van der Waals surface area (Å²) in [6.07, 6.45) is 8.58. The molecule has 5 fully saturated rings. The minimum Gasteiger partial charge on any atom is -0.350 e. The fraction of sp³-hybridized carbons (Fsp3) is 0.696. The Hall–Kier alpha value is -0.820. The molecule has 6 rings (SSSR count). The first-order chi connectivity index (χ1) is 14.7. The molecule has 1 amide bonds. The van der Waals surface area contributed by atoms with Gasteiger partial charge in [0.15, 0.2) is 0 Å². The van der Waals surface area contributed by atoms with E-state index in [-0.39, 0.29) is 23.1 Å². The second kappa shape index (κ2) is 8.19. The first-order valence-electron chi connectivity index (χ1n) is 11.5. The number of amides is 1. The van der Waals surface area contributed by atoms with E-state index in [2.05, 4.69) is 5.32 Å². The second-order valence-electron chi connectivity index (χ2n) is 10.3. The highest BCUT2D eigenvalue weighted by molar-refractivity contribution is 7.88. The number of halogens is 2. The molecule has 4 bridgehead atoms. The molecule has 170 valence electrons. The quantitative estimate of drug-likeness (QED) is 0.662. The van der Waals surface area contributed by atoms with E-state index in [0.717, 1.165) is 37.0 Å². The number of carbonyl (C=O) groups is 1. The Kier molecular flexibility index (Phi) is 5.81. The summed E-state index contributed by atoms with van der Waals surface area (Å²) < 4.78 is 27.4. The lowest BCUT2D eigenvalue weighted by molar-refractivity contribution is -0.132.